The number of allylic oxidation sites excluding steroid dienone is 2. The SMILES string of the molecule is C=C/C(=C\C=C(/C)C(=O)O)C1(NC(=O)C(C)/C(=N\N(C)C(C)Oc2ccc(CCl)c(Cl)c2)C(F)(F)F)CC1.CC. The Bertz CT molecular complexity index is 1160. The molecule has 40 heavy (non-hydrogen) atoms. The van der Waals surface area contributed by atoms with Crippen molar-refractivity contribution < 1.29 is 32.6 Å². The first-order chi connectivity index (χ1) is 18.6. The van der Waals surface area contributed by atoms with Gasteiger partial charge in [-0.2, -0.15) is 18.3 Å². The van der Waals surface area contributed by atoms with Crippen molar-refractivity contribution in [2.24, 2.45) is 11.0 Å². The van der Waals surface area contributed by atoms with Gasteiger partial charge in [-0.15, -0.1) is 11.6 Å². The molecule has 1 aliphatic rings. The summed E-state index contributed by atoms with van der Waals surface area (Å²) in [5.74, 6) is -3.14. The van der Waals surface area contributed by atoms with E-state index in [1.54, 1.807) is 12.1 Å². The van der Waals surface area contributed by atoms with Gasteiger partial charge in [-0.3, -0.25) is 9.80 Å². The topological polar surface area (TPSA) is 91.2 Å². The highest BCUT2D eigenvalue weighted by Crippen LogP contribution is 2.43. The zero-order valence-corrected chi connectivity index (χ0v) is 24.9. The molecule has 1 fully saturated rings. The predicted molar refractivity (Wildman–Crippen MR) is 153 cm³/mol. The third-order valence-electron chi connectivity index (χ3n) is 6.10. The number of benzene rings is 1. The fourth-order valence-corrected chi connectivity index (χ4v) is 3.95. The smallest absolute Gasteiger partial charge is 0.431 e. The summed E-state index contributed by atoms with van der Waals surface area (Å²) in [6.45, 7) is 11.7. The molecule has 2 atom stereocenters. The fraction of sp³-hybridized carbons (Fsp3) is 0.464. The van der Waals surface area contributed by atoms with Crippen LogP contribution < -0.4 is 10.1 Å². The molecule has 0 saturated heterocycles. The number of hydrazone groups is 1. The number of hydrogen-bond donors (Lipinski definition) is 2. The average molecular weight is 607 g/mol. The highest BCUT2D eigenvalue weighted by Gasteiger charge is 2.49. The molecule has 0 aromatic heterocycles. The maximum Gasteiger partial charge on any atom is 0.431 e. The van der Waals surface area contributed by atoms with Crippen LogP contribution in [0.3, 0.4) is 0 Å². The zero-order chi connectivity index (χ0) is 30.8. The van der Waals surface area contributed by atoms with Gasteiger partial charge in [0, 0.05) is 23.5 Å². The zero-order valence-electron chi connectivity index (χ0n) is 23.4. The second-order valence-electron chi connectivity index (χ2n) is 8.93. The van der Waals surface area contributed by atoms with Crippen molar-refractivity contribution in [2.75, 3.05) is 7.05 Å². The first-order valence-electron chi connectivity index (χ1n) is 12.6. The van der Waals surface area contributed by atoms with Crippen molar-refractivity contribution in [3.63, 3.8) is 0 Å². The molecule has 7 nitrogen and oxygen atoms in total. The van der Waals surface area contributed by atoms with Crippen LogP contribution in [0.5, 0.6) is 5.75 Å². The van der Waals surface area contributed by atoms with Gasteiger partial charge >= 0.3 is 12.1 Å². The molecule has 0 heterocycles. The highest BCUT2D eigenvalue weighted by atomic mass is 35.5. The third-order valence-corrected chi connectivity index (χ3v) is 6.74. The van der Waals surface area contributed by atoms with E-state index in [0.717, 1.165) is 11.9 Å². The molecule has 2 N–H and O–H groups in total. The Morgan fingerprint density at radius 1 is 1.27 bits per heavy atom. The standard InChI is InChI=1S/C26H30Cl2F3N3O4.C2H6/c1-6-19(9-7-15(2)24(36)37)25(11-12-25)32-23(35)16(3)22(26(29,30)31)33-34(5)17(4)38-20-10-8-18(14-27)21(28)13-20;1-2/h6-10,13,16-17H,1,11-12,14H2,2-5H3,(H,32,35)(H,36,37);1-2H3/b15-7+,19-9+,33-22+;. The number of hydrogen-bond acceptors (Lipinski definition) is 5. The number of amides is 1. The number of carboxylic acids is 1. The van der Waals surface area contributed by atoms with Crippen LogP contribution in [0.2, 0.25) is 5.02 Å². The van der Waals surface area contributed by atoms with E-state index in [-0.39, 0.29) is 11.5 Å². The minimum atomic E-state index is -4.90. The number of carbonyl (C=O) groups excluding carboxylic acids is 1. The van der Waals surface area contributed by atoms with Crippen LogP contribution in [0.25, 0.3) is 0 Å². The molecule has 0 aliphatic heterocycles. The first-order valence-corrected chi connectivity index (χ1v) is 13.5. The van der Waals surface area contributed by atoms with Gasteiger partial charge in [-0.05, 0) is 56.9 Å². The van der Waals surface area contributed by atoms with E-state index < -0.39 is 41.4 Å². The number of ether oxygens (including phenoxy) is 1. The largest absolute Gasteiger partial charge is 0.478 e. The summed E-state index contributed by atoms with van der Waals surface area (Å²) in [5, 5.41) is 16.7. The van der Waals surface area contributed by atoms with Crippen LogP contribution in [-0.4, -0.2) is 52.7 Å². The minimum absolute atomic E-state index is 0.0583. The van der Waals surface area contributed by atoms with Gasteiger partial charge in [-0.1, -0.05) is 56.3 Å². The van der Waals surface area contributed by atoms with Crippen molar-refractivity contribution >= 4 is 40.8 Å². The summed E-state index contributed by atoms with van der Waals surface area (Å²) >= 11 is 11.9. The Hall–Kier alpha value is -2.98. The highest BCUT2D eigenvalue weighted by molar-refractivity contribution is 6.32. The molecule has 1 saturated carbocycles. The van der Waals surface area contributed by atoms with E-state index in [4.69, 9.17) is 33.0 Å². The fourth-order valence-electron chi connectivity index (χ4n) is 3.41. The summed E-state index contributed by atoms with van der Waals surface area (Å²) in [4.78, 5) is 24.0. The first kappa shape index (κ1) is 35.0. The normalized spacial score (nSPS) is 16.6. The maximum atomic E-state index is 14.0. The van der Waals surface area contributed by atoms with Crippen LogP contribution >= 0.6 is 23.2 Å². The van der Waals surface area contributed by atoms with E-state index in [1.165, 1.54) is 45.2 Å². The summed E-state index contributed by atoms with van der Waals surface area (Å²) in [6.07, 6.45) is -0.604. The van der Waals surface area contributed by atoms with E-state index in [1.807, 2.05) is 13.8 Å². The van der Waals surface area contributed by atoms with Crippen LogP contribution in [0.15, 0.2) is 59.3 Å². The van der Waals surface area contributed by atoms with Crippen LogP contribution in [-0.2, 0) is 15.5 Å². The number of alkyl halides is 4. The Morgan fingerprint density at radius 2 is 1.88 bits per heavy atom. The van der Waals surface area contributed by atoms with Crippen molar-refractivity contribution in [3.05, 3.63) is 64.7 Å². The average Bonchev–Trinajstić information content (AvgIpc) is 3.67. The molecule has 1 amide bonds. The Kier molecular flexibility index (Phi) is 13.3. The van der Waals surface area contributed by atoms with Crippen LogP contribution in [0.4, 0.5) is 13.2 Å². The monoisotopic (exact) mass is 605 g/mol. The minimum Gasteiger partial charge on any atom is -0.478 e. The molecular formula is C28H36Cl2F3N3O4. The molecule has 12 heteroatoms. The quantitative estimate of drug-likeness (QED) is 0.0661. The second kappa shape index (κ2) is 15.1. The maximum absolute atomic E-state index is 14.0. The Labute approximate surface area is 243 Å². The van der Waals surface area contributed by atoms with Gasteiger partial charge in [0.25, 0.3) is 0 Å². The molecule has 0 radical (unpaired) electrons. The second-order valence-corrected chi connectivity index (χ2v) is 9.61. The summed E-state index contributed by atoms with van der Waals surface area (Å²) in [6, 6.07) is 4.74. The van der Waals surface area contributed by atoms with Crippen molar-refractivity contribution in [3.8, 4) is 5.75 Å². The lowest BCUT2D eigenvalue weighted by Gasteiger charge is -2.27. The molecule has 1 aliphatic carbocycles. The number of carbonyl (C=O) groups is 2. The molecule has 1 aromatic rings. The van der Waals surface area contributed by atoms with Gasteiger partial charge in [0.15, 0.2) is 11.9 Å². The number of nitrogens with zero attached hydrogens (tertiary/aromatic N) is 2. The van der Waals surface area contributed by atoms with Gasteiger partial charge in [0.1, 0.15) is 5.75 Å². The van der Waals surface area contributed by atoms with Gasteiger partial charge in [0.05, 0.1) is 11.5 Å². The molecule has 0 spiro atoms. The molecule has 222 valence electrons. The van der Waals surface area contributed by atoms with Crippen LogP contribution in [0.1, 0.15) is 53.0 Å². The lowest BCUT2D eigenvalue weighted by Crippen LogP contribution is -2.46. The number of nitrogens with one attached hydrogen (secondary N) is 1. The molecule has 2 rings (SSSR count). The predicted octanol–water partition coefficient (Wildman–Crippen LogP) is 7.11. The Morgan fingerprint density at radius 3 is 2.33 bits per heavy atom. The van der Waals surface area contributed by atoms with Gasteiger partial charge in [-0.25, -0.2) is 4.79 Å². The van der Waals surface area contributed by atoms with Gasteiger partial charge in [0.2, 0.25) is 5.91 Å². The van der Waals surface area contributed by atoms with Crippen molar-refractivity contribution in [1.29, 1.82) is 0 Å². The lowest BCUT2D eigenvalue weighted by atomic mass is 9.99. The number of carboxylic acid groups (broad SMARTS) is 1. The molecule has 0 bridgehead atoms. The van der Waals surface area contributed by atoms with Crippen molar-refractivity contribution in [2.45, 2.75) is 71.3 Å². The summed E-state index contributed by atoms with van der Waals surface area (Å²) in [7, 11) is 1.30. The molecule has 2 unspecified atom stereocenters. The Balaban J connectivity index is 0.00000391. The molecule has 1 aromatic carbocycles. The van der Waals surface area contributed by atoms with E-state index in [9.17, 15) is 22.8 Å². The molecular weight excluding hydrogens is 570 g/mol. The number of rotatable bonds is 12. The van der Waals surface area contributed by atoms with Gasteiger partial charge < -0.3 is 15.2 Å². The number of halogens is 5. The van der Waals surface area contributed by atoms with E-state index >= 15 is 0 Å². The van der Waals surface area contributed by atoms with Crippen LogP contribution in [0, 0.1) is 5.92 Å². The summed E-state index contributed by atoms with van der Waals surface area (Å²) in [5.41, 5.74) is -0.986. The summed E-state index contributed by atoms with van der Waals surface area (Å²) < 4.78 is 47.6. The lowest BCUT2D eigenvalue weighted by molar-refractivity contribution is -0.132. The van der Waals surface area contributed by atoms with Crippen molar-refractivity contribution in [1.82, 2.24) is 10.3 Å². The van der Waals surface area contributed by atoms with E-state index in [0.29, 0.717) is 34.8 Å². The third kappa shape index (κ3) is 9.59. The number of aliphatic carboxylic acids is 1. The van der Waals surface area contributed by atoms with E-state index in [2.05, 4.69) is 17.0 Å².